The molecular formula is C10H21ClO3S. The van der Waals surface area contributed by atoms with E-state index in [0.717, 1.165) is 12.8 Å². The average molecular weight is 257 g/mol. The van der Waals surface area contributed by atoms with Crippen molar-refractivity contribution in [3.63, 3.8) is 0 Å². The molecule has 0 amide bonds. The maximum Gasteiger partial charge on any atom is 0.232 e. The van der Waals surface area contributed by atoms with Gasteiger partial charge in [0.2, 0.25) is 9.05 Å². The molecule has 0 bridgehead atoms. The van der Waals surface area contributed by atoms with E-state index in [1.54, 1.807) is 0 Å². The molecule has 0 spiro atoms. The molecule has 0 aromatic carbocycles. The zero-order valence-electron chi connectivity index (χ0n) is 9.70. The highest BCUT2D eigenvalue weighted by Crippen LogP contribution is 2.10. The Bertz CT molecular complexity index is 247. The lowest BCUT2D eigenvalue weighted by Crippen LogP contribution is -2.17. The van der Waals surface area contributed by atoms with E-state index in [2.05, 4.69) is 13.8 Å². The molecule has 0 aromatic rings. The van der Waals surface area contributed by atoms with Crippen molar-refractivity contribution in [3.05, 3.63) is 0 Å². The zero-order chi connectivity index (χ0) is 11.9. The molecule has 0 heterocycles. The molecule has 5 heteroatoms. The largest absolute Gasteiger partial charge is 0.381 e. The topological polar surface area (TPSA) is 43.4 Å². The summed E-state index contributed by atoms with van der Waals surface area (Å²) in [4.78, 5) is 0. The second-order valence-electron chi connectivity index (χ2n) is 4.03. The molecule has 1 atom stereocenters. The van der Waals surface area contributed by atoms with E-state index in [9.17, 15) is 8.42 Å². The maximum absolute atomic E-state index is 10.8. The molecule has 0 saturated heterocycles. The van der Waals surface area contributed by atoms with Crippen LogP contribution in [-0.2, 0) is 13.8 Å². The molecule has 3 nitrogen and oxygen atoms in total. The summed E-state index contributed by atoms with van der Waals surface area (Å²) in [6, 6.07) is 0. The molecule has 0 aromatic heterocycles. The Labute approximate surface area is 97.6 Å². The number of ether oxygens (including phenoxy) is 1. The summed E-state index contributed by atoms with van der Waals surface area (Å²) in [5, 5.41) is 0. The molecule has 0 saturated carbocycles. The van der Waals surface area contributed by atoms with Crippen LogP contribution >= 0.6 is 10.7 Å². The van der Waals surface area contributed by atoms with Gasteiger partial charge in [-0.1, -0.05) is 33.6 Å². The van der Waals surface area contributed by atoms with Gasteiger partial charge in [0.15, 0.2) is 0 Å². The Kier molecular flexibility index (Phi) is 7.57. The van der Waals surface area contributed by atoms with Gasteiger partial charge in [-0.15, -0.1) is 0 Å². The van der Waals surface area contributed by atoms with Crippen molar-refractivity contribution < 1.29 is 13.2 Å². The van der Waals surface area contributed by atoms with Crippen LogP contribution in [0, 0.1) is 11.8 Å². The molecule has 1 unspecified atom stereocenters. The van der Waals surface area contributed by atoms with Crippen LogP contribution in [-0.4, -0.2) is 27.4 Å². The van der Waals surface area contributed by atoms with E-state index in [0.29, 0.717) is 19.1 Å². The Balaban J connectivity index is 3.68. The van der Waals surface area contributed by atoms with Gasteiger partial charge in [0.1, 0.15) is 0 Å². The SMILES string of the molecule is CCC(CC)COCC(C)CS(=O)(=O)Cl. The first-order valence-electron chi connectivity index (χ1n) is 5.39. The molecule has 0 N–H and O–H groups in total. The van der Waals surface area contributed by atoms with Crippen LogP contribution in [0.2, 0.25) is 0 Å². The third-order valence-corrected chi connectivity index (χ3v) is 3.74. The van der Waals surface area contributed by atoms with E-state index < -0.39 is 9.05 Å². The van der Waals surface area contributed by atoms with Gasteiger partial charge in [-0.05, 0) is 11.8 Å². The van der Waals surface area contributed by atoms with Gasteiger partial charge >= 0.3 is 0 Å². The summed E-state index contributed by atoms with van der Waals surface area (Å²) in [5.74, 6) is 0.518. The molecule has 0 aliphatic rings. The monoisotopic (exact) mass is 256 g/mol. The van der Waals surface area contributed by atoms with Crippen molar-refractivity contribution in [3.8, 4) is 0 Å². The maximum atomic E-state index is 10.8. The van der Waals surface area contributed by atoms with Crippen molar-refractivity contribution in [2.45, 2.75) is 33.6 Å². The Morgan fingerprint density at radius 1 is 1.20 bits per heavy atom. The first kappa shape index (κ1) is 15.2. The molecule has 0 aliphatic heterocycles. The third kappa shape index (κ3) is 9.15. The van der Waals surface area contributed by atoms with E-state index in [1.807, 2.05) is 6.92 Å². The van der Waals surface area contributed by atoms with Crippen molar-refractivity contribution in [1.82, 2.24) is 0 Å². The lowest BCUT2D eigenvalue weighted by atomic mass is 10.1. The second kappa shape index (κ2) is 7.47. The van der Waals surface area contributed by atoms with Crippen LogP contribution < -0.4 is 0 Å². The number of rotatable bonds is 8. The Morgan fingerprint density at radius 2 is 1.73 bits per heavy atom. The summed E-state index contributed by atoms with van der Waals surface area (Å²) in [5.41, 5.74) is 0. The van der Waals surface area contributed by atoms with Gasteiger partial charge in [-0.3, -0.25) is 0 Å². The first-order chi connectivity index (χ1) is 6.89. The second-order valence-corrected chi connectivity index (χ2v) is 6.85. The fraction of sp³-hybridized carbons (Fsp3) is 1.00. The van der Waals surface area contributed by atoms with Crippen LogP contribution in [0.1, 0.15) is 33.6 Å². The minimum absolute atomic E-state index is 0.0164. The Hall–Kier alpha value is 0.200. The van der Waals surface area contributed by atoms with E-state index in [-0.39, 0.29) is 11.7 Å². The van der Waals surface area contributed by atoms with Crippen molar-refractivity contribution in [2.75, 3.05) is 19.0 Å². The average Bonchev–Trinajstić information content (AvgIpc) is 2.09. The molecule has 15 heavy (non-hydrogen) atoms. The van der Waals surface area contributed by atoms with Gasteiger partial charge in [-0.2, -0.15) is 0 Å². The summed E-state index contributed by atoms with van der Waals surface area (Å²) >= 11 is 0. The zero-order valence-corrected chi connectivity index (χ0v) is 11.3. The minimum Gasteiger partial charge on any atom is -0.381 e. The first-order valence-corrected chi connectivity index (χ1v) is 7.86. The predicted octanol–water partition coefficient (Wildman–Crippen LogP) is 2.64. The number of hydrogen-bond donors (Lipinski definition) is 0. The van der Waals surface area contributed by atoms with E-state index in [4.69, 9.17) is 15.4 Å². The van der Waals surface area contributed by atoms with Crippen LogP contribution in [0.4, 0.5) is 0 Å². The molecule has 92 valence electrons. The molecule has 0 rings (SSSR count). The highest BCUT2D eigenvalue weighted by molar-refractivity contribution is 8.13. The molecular weight excluding hydrogens is 236 g/mol. The highest BCUT2D eigenvalue weighted by atomic mass is 35.7. The van der Waals surface area contributed by atoms with Crippen molar-refractivity contribution in [2.24, 2.45) is 11.8 Å². The van der Waals surface area contributed by atoms with E-state index >= 15 is 0 Å². The minimum atomic E-state index is -3.39. The van der Waals surface area contributed by atoms with Gasteiger partial charge < -0.3 is 4.74 Å². The third-order valence-electron chi connectivity index (χ3n) is 2.39. The number of hydrogen-bond acceptors (Lipinski definition) is 3. The highest BCUT2D eigenvalue weighted by Gasteiger charge is 2.13. The lowest BCUT2D eigenvalue weighted by molar-refractivity contribution is 0.0778. The van der Waals surface area contributed by atoms with Crippen LogP contribution in [0.15, 0.2) is 0 Å². The Morgan fingerprint density at radius 3 is 2.13 bits per heavy atom. The van der Waals surface area contributed by atoms with Gasteiger partial charge in [0, 0.05) is 17.3 Å². The van der Waals surface area contributed by atoms with Crippen molar-refractivity contribution >= 4 is 19.7 Å². The molecule has 0 fully saturated rings. The van der Waals surface area contributed by atoms with Crippen LogP contribution in [0.25, 0.3) is 0 Å². The summed E-state index contributed by atoms with van der Waals surface area (Å²) in [6.07, 6.45) is 2.19. The van der Waals surface area contributed by atoms with Gasteiger partial charge in [0.05, 0.1) is 12.4 Å². The fourth-order valence-corrected chi connectivity index (χ4v) is 2.77. The summed E-state index contributed by atoms with van der Waals surface area (Å²) in [6.45, 7) is 7.25. The van der Waals surface area contributed by atoms with Crippen LogP contribution in [0.3, 0.4) is 0 Å². The standard InChI is InChI=1S/C10H21ClO3S/c1-4-10(5-2)7-14-6-9(3)8-15(11,12)13/h9-10H,4-8H2,1-3H3. The molecule has 0 radical (unpaired) electrons. The van der Waals surface area contributed by atoms with E-state index in [1.165, 1.54) is 0 Å². The lowest BCUT2D eigenvalue weighted by Gasteiger charge is -2.15. The smallest absolute Gasteiger partial charge is 0.232 e. The summed E-state index contributed by atoms with van der Waals surface area (Å²) in [7, 11) is 1.75. The van der Waals surface area contributed by atoms with Gasteiger partial charge in [-0.25, -0.2) is 8.42 Å². The normalized spacial score (nSPS) is 14.5. The van der Waals surface area contributed by atoms with Gasteiger partial charge in [0.25, 0.3) is 0 Å². The summed E-state index contributed by atoms with van der Waals surface area (Å²) < 4.78 is 27.0. The van der Waals surface area contributed by atoms with Crippen LogP contribution in [0.5, 0.6) is 0 Å². The quantitative estimate of drug-likeness (QED) is 0.627. The fourth-order valence-electron chi connectivity index (χ4n) is 1.35. The predicted molar refractivity (Wildman–Crippen MR) is 63.7 cm³/mol. The number of halogens is 1. The van der Waals surface area contributed by atoms with Crippen molar-refractivity contribution in [1.29, 1.82) is 0 Å². The molecule has 0 aliphatic carbocycles.